The maximum absolute atomic E-state index is 12.5. The molecule has 2 N–H and O–H groups in total. The number of aromatic nitrogens is 2. The Bertz CT molecular complexity index is 946. The molecule has 3 aromatic rings. The van der Waals surface area contributed by atoms with Crippen LogP contribution in [0.15, 0.2) is 54.9 Å². The predicted molar refractivity (Wildman–Crippen MR) is 102 cm³/mol. The van der Waals surface area contributed by atoms with Crippen LogP contribution in [-0.4, -0.2) is 23.0 Å². The van der Waals surface area contributed by atoms with E-state index >= 15 is 0 Å². The number of carbonyl (C=O) groups is 1. The molecule has 0 unspecified atom stereocenters. The molecule has 1 amide bonds. The molecule has 0 aliphatic heterocycles. The number of anilines is 3. The van der Waals surface area contributed by atoms with E-state index in [-0.39, 0.29) is 11.6 Å². The second-order valence-corrected chi connectivity index (χ2v) is 5.96. The number of carbonyl (C=O) groups excluding carboxylic acids is 1. The minimum atomic E-state index is -0.346. The summed E-state index contributed by atoms with van der Waals surface area (Å²) in [5, 5.41) is 6.49. The lowest BCUT2D eigenvalue weighted by atomic mass is 10.2. The number of benzene rings is 2. The summed E-state index contributed by atoms with van der Waals surface area (Å²) in [6.07, 6.45) is 1.33. The first kappa shape index (κ1) is 17.7. The zero-order valence-corrected chi connectivity index (χ0v) is 15.0. The van der Waals surface area contributed by atoms with Crippen LogP contribution in [0, 0.1) is 6.92 Å². The number of methoxy groups -OCH3 is 1. The molecule has 0 spiro atoms. The smallest absolute Gasteiger partial charge is 0.274 e. The number of amides is 1. The summed E-state index contributed by atoms with van der Waals surface area (Å²) in [6.45, 7) is 1.89. The minimum absolute atomic E-state index is 0.233. The number of nitrogens with one attached hydrogen (secondary N) is 2. The van der Waals surface area contributed by atoms with Gasteiger partial charge in [-0.25, -0.2) is 9.97 Å². The standard InChI is InChI=1S/C19H17ClN4O2/c1-12-7-8-13(20)9-15(12)24-19(25)16-10-18(22-11-21-16)23-14-5-3-4-6-17(14)26-2/h3-11H,1-2H3,(H,24,25)(H,21,22,23). The number of hydrogen-bond donors (Lipinski definition) is 2. The van der Waals surface area contributed by atoms with Gasteiger partial charge in [0.15, 0.2) is 0 Å². The summed E-state index contributed by atoms with van der Waals surface area (Å²) in [5.41, 5.74) is 2.52. The number of rotatable bonds is 5. The summed E-state index contributed by atoms with van der Waals surface area (Å²) in [5.74, 6) is 0.810. The highest BCUT2D eigenvalue weighted by atomic mass is 35.5. The average molecular weight is 369 g/mol. The molecule has 0 aliphatic carbocycles. The lowest BCUT2D eigenvalue weighted by Crippen LogP contribution is -2.15. The van der Waals surface area contributed by atoms with E-state index in [1.165, 1.54) is 6.33 Å². The Kier molecular flexibility index (Phi) is 5.34. The molecule has 0 bridgehead atoms. The number of para-hydroxylation sites is 2. The molecule has 3 rings (SSSR count). The molecule has 0 saturated carbocycles. The third-order valence-electron chi connectivity index (χ3n) is 3.72. The molecular formula is C19H17ClN4O2. The second-order valence-electron chi connectivity index (χ2n) is 5.53. The molecule has 0 aliphatic rings. The zero-order chi connectivity index (χ0) is 18.5. The van der Waals surface area contributed by atoms with Gasteiger partial charge >= 0.3 is 0 Å². The molecule has 6 nitrogen and oxygen atoms in total. The summed E-state index contributed by atoms with van der Waals surface area (Å²) >= 11 is 5.99. The van der Waals surface area contributed by atoms with E-state index in [0.29, 0.717) is 22.3 Å². The molecule has 0 saturated heterocycles. The van der Waals surface area contributed by atoms with Gasteiger partial charge in [0.25, 0.3) is 5.91 Å². The number of hydrogen-bond acceptors (Lipinski definition) is 5. The number of nitrogens with zero attached hydrogens (tertiary/aromatic N) is 2. The fourth-order valence-electron chi connectivity index (χ4n) is 2.35. The first-order chi connectivity index (χ1) is 12.6. The normalized spacial score (nSPS) is 10.3. The van der Waals surface area contributed by atoms with Gasteiger partial charge < -0.3 is 15.4 Å². The van der Waals surface area contributed by atoms with Gasteiger partial charge in [-0.15, -0.1) is 0 Å². The van der Waals surface area contributed by atoms with Crippen LogP contribution in [0.3, 0.4) is 0 Å². The van der Waals surface area contributed by atoms with Crippen LogP contribution < -0.4 is 15.4 Å². The Hall–Kier alpha value is -3.12. The Balaban J connectivity index is 1.80. The monoisotopic (exact) mass is 368 g/mol. The van der Waals surface area contributed by atoms with E-state index in [2.05, 4.69) is 20.6 Å². The minimum Gasteiger partial charge on any atom is -0.495 e. The fraction of sp³-hybridized carbons (Fsp3) is 0.105. The van der Waals surface area contributed by atoms with Crippen molar-refractivity contribution in [2.24, 2.45) is 0 Å². The molecule has 0 radical (unpaired) electrons. The summed E-state index contributed by atoms with van der Waals surface area (Å²) in [6, 6.07) is 14.3. The first-order valence-corrected chi connectivity index (χ1v) is 8.24. The van der Waals surface area contributed by atoms with Gasteiger partial charge in [-0.2, -0.15) is 0 Å². The molecule has 1 heterocycles. The average Bonchev–Trinajstić information content (AvgIpc) is 2.65. The van der Waals surface area contributed by atoms with E-state index in [0.717, 1.165) is 11.3 Å². The number of halogens is 1. The highest BCUT2D eigenvalue weighted by Crippen LogP contribution is 2.26. The molecule has 2 aromatic carbocycles. The summed E-state index contributed by atoms with van der Waals surface area (Å²) in [7, 11) is 1.59. The van der Waals surface area contributed by atoms with E-state index in [4.69, 9.17) is 16.3 Å². The van der Waals surface area contributed by atoms with Crippen LogP contribution in [0.5, 0.6) is 5.75 Å². The fourth-order valence-corrected chi connectivity index (χ4v) is 2.52. The van der Waals surface area contributed by atoms with E-state index in [9.17, 15) is 4.79 Å². The third-order valence-corrected chi connectivity index (χ3v) is 3.95. The summed E-state index contributed by atoms with van der Waals surface area (Å²) in [4.78, 5) is 20.7. The quantitative estimate of drug-likeness (QED) is 0.696. The van der Waals surface area contributed by atoms with Crippen molar-refractivity contribution in [1.82, 2.24) is 9.97 Å². The van der Waals surface area contributed by atoms with Crippen molar-refractivity contribution >= 4 is 34.7 Å². The maximum Gasteiger partial charge on any atom is 0.274 e. The maximum atomic E-state index is 12.5. The summed E-state index contributed by atoms with van der Waals surface area (Å²) < 4.78 is 5.30. The largest absolute Gasteiger partial charge is 0.495 e. The molecular weight excluding hydrogens is 352 g/mol. The number of ether oxygens (including phenoxy) is 1. The van der Waals surface area contributed by atoms with Crippen LogP contribution in [0.1, 0.15) is 16.1 Å². The third kappa shape index (κ3) is 4.10. The Morgan fingerprint density at radius 1 is 1.08 bits per heavy atom. The van der Waals surface area contributed by atoms with Gasteiger partial charge in [-0.1, -0.05) is 29.8 Å². The van der Waals surface area contributed by atoms with Gasteiger partial charge in [0.05, 0.1) is 12.8 Å². The van der Waals surface area contributed by atoms with E-state index < -0.39 is 0 Å². The predicted octanol–water partition coefficient (Wildman–Crippen LogP) is 4.44. The van der Waals surface area contributed by atoms with Crippen LogP contribution in [-0.2, 0) is 0 Å². The molecule has 0 atom stereocenters. The van der Waals surface area contributed by atoms with Crippen molar-refractivity contribution in [2.45, 2.75) is 6.92 Å². The van der Waals surface area contributed by atoms with Crippen LogP contribution in [0.4, 0.5) is 17.2 Å². The Morgan fingerprint density at radius 2 is 1.88 bits per heavy atom. The second kappa shape index (κ2) is 7.84. The highest BCUT2D eigenvalue weighted by molar-refractivity contribution is 6.31. The molecule has 7 heteroatoms. The SMILES string of the molecule is COc1ccccc1Nc1cc(C(=O)Nc2cc(Cl)ccc2C)ncn1. The van der Waals surface area contributed by atoms with Gasteiger partial charge in [0.1, 0.15) is 23.6 Å². The van der Waals surface area contributed by atoms with Gasteiger partial charge in [0.2, 0.25) is 0 Å². The molecule has 0 fully saturated rings. The van der Waals surface area contributed by atoms with E-state index in [1.54, 1.807) is 25.3 Å². The van der Waals surface area contributed by atoms with Crippen molar-refractivity contribution in [1.29, 1.82) is 0 Å². The van der Waals surface area contributed by atoms with Crippen molar-refractivity contribution in [3.63, 3.8) is 0 Å². The molecule has 26 heavy (non-hydrogen) atoms. The highest BCUT2D eigenvalue weighted by Gasteiger charge is 2.12. The van der Waals surface area contributed by atoms with Crippen LogP contribution in [0.2, 0.25) is 5.02 Å². The van der Waals surface area contributed by atoms with Crippen LogP contribution in [0.25, 0.3) is 0 Å². The van der Waals surface area contributed by atoms with Gasteiger partial charge in [-0.05, 0) is 36.8 Å². The Labute approximate surface area is 156 Å². The van der Waals surface area contributed by atoms with Crippen molar-refractivity contribution in [3.8, 4) is 5.75 Å². The van der Waals surface area contributed by atoms with Crippen LogP contribution >= 0.6 is 11.6 Å². The number of aryl methyl sites for hydroxylation is 1. The lowest BCUT2D eigenvalue weighted by Gasteiger charge is -2.11. The molecule has 1 aromatic heterocycles. The Morgan fingerprint density at radius 3 is 2.69 bits per heavy atom. The lowest BCUT2D eigenvalue weighted by molar-refractivity contribution is 0.102. The van der Waals surface area contributed by atoms with Crippen molar-refractivity contribution in [3.05, 3.63) is 71.1 Å². The van der Waals surface area contributed by atoms with Gasteiger partial charge in [-0.3, -0.25) is 4.79 Å². The first-order valence-electron chi connectivity index (χ1n) is 7.86. The topological polar surface area (TPSA) is 76.1 Å². The van der Waals surface area contributed by atoms with Crippen molar-refractivity contribution < 1.29 is 9.53 Å². The van der Waals surface area contributed by atoms with E-state index in [1.807, 2.05) is 37.3 Å². The van der Waals surface area contributed by atoms with Gasteiger partial charge in [0, 0.05) is 16.8 Å². The van der Waals surface area contributed by atoms with Crippen molar-refractivity contribution in [2.75, 3.05) is 17.7 Å². The zero-order valence-electron chi connectivity index (χ0n) is 14.3. The molecule has 132 valence electrons.